The van der Waals surface area contributed by atoms with Crippen LogP contribution in [0.4, 0.5) is 11.4 Å². The van der Waals surface area contributed by atoms with Crippen LogP contribution < -0.4 is 15.0 Å². The van der Waals surface area contributed by atoms with E-state index in [-0.39, 0.29) is 30.2 Å². The van der Waals surface area contributed by atoms with Crippen LogP contribution in [0.25, 0.3) is 0 Å². The highest BCUT2D eigenvalue weighted by Gasteiger charge is 2.32. The Bertz CT molecular complexity index is 1130. The molecule has 1 unspecified atom stereocenters. The van der Waals surface area contributed by atoms with Crippen molar-refractivity contribution in [3.63, 3.8) is 0 Å². The molecule has 0 bridgehead atoms. The highest BCUT2D eigenvalue weighted by Crippen LogP contribution is 2.37. The van der Waals surface area contributed by atoms with Gasteiger partial charge in [-0.25, -0.2) is 0 Å². The van der Waals surface area contributed by atoms with Crippen molar-refractivity contribution in [2.45, 2.75) is 25.0 Å². The van der Waals surface area contributed by atoms with E-state index >= 15 is 0 Å². The van der Waals surface area contributed by atoms with Crippen molar-refractivity contribution in [2.24, 2.45) is 7.05 Å². The average molecular weight is 438 g/mol. The summed E-state index contributed by atoms with van der Waals surface area (Å²) < 4.78 is 7.35. The molecule has 31 heavy (non-hydrogen) atoms. The predicted octanol–water partition coefficient (Wildman–Crippen LogP) is 3.34. The second-order valence-electron chi connectivity index (χ2n) is 7.25. The van der Waals surface area contributed by atoms with Crippen LogP contribution in [0.5, 0.6) is 5.75 Å². The summed E-state index contributed by atoms with van der Waals surface area (Å²) in [5.74, 6) is 1.24. The van der Waals surface area contributed by atoms with Crippen molar-refractivity contribution in [3.05, 3.63) is 59.9 Å². The first-order valence-electron chi connectivity index (χ1n) is 9.87. The highest BCUT2D eigenvalue weighted by atomic mass is 32.2. The van der Waals surface area contributed by atoms with Gasteiger partial charge in [0.1, 0.15) is 5.75 Å². The summed E-state index contributed by atoms with van der Waals surface area (Å²) in [5.41, 5.74) is 2.51. The first-order valence-corrected chi connectivity index (χ1v) is 10.9. The molecule has 2 aromatic carbocycles. The number of carbonyl (C=O) groups excluding carboxylic acids is 2. The number of para-hydroxylation sites is 3. The molecule has 0 saturated heterocycles. The lowest BCUT2D eigenvalue weighted by Gasteiger charge is -2.33. The van der Waals surface area contributed by atoms with E-state index in [0.717, 1.165) is 11.3 Å². The fourth-order valence-electron chi connectivity index (χ4n) is 3.51. The number of aromatic nitrogens is 3. The van der Waals surface area contributed by atoms with Gasteiger partial charge >= 0.3 is 0 Å². The SMILES string of the molecule is Cc1ccccc1NC(=O)CSc1nnc(C(C)N2C(=O)COc3ccccc32)n1C. The third kappa shape index (κ3) is 4.27. The van der Waals surface area contributed by atoms with Crippen molar-refractivity contribution in [3.8, 4) is 5.75 Å². The normalized spacial score (nSPS) is 14.0. The summed E-state index contributed by atoms with van der Waals surface area (Å²) in [4.78, 5) is 26.6. The zero-order chi connectivity index (χ0) is 22.0. The minimum atomic E-state index is -0.342. The predicted molar refractivity (Wildman–Crippen MR) is 119 cm³/mol. The van der Waals surface area contributed by atoms with Crippen LogP contribution in [0, 0.1) is 6.92 Å². The lowest BCUT2D eigenvalue weighted by molar-refractivity contribution is -0.121. The van der Waals surface area contributed by atoms with Gasteiger partial charge < -0.3 is 14.6 Å². The molecular formula is C22H23N5O3S. The molecule has 0 aliphatic carbocycles. The van der Waals surface area contributed by atoms with Crippen LogP contribution in [-0.4, -0.2) is 38.9 Å². The van der Waals surface area contributed by atoms with Crippen molar-refractivity contribution in [1.82, 2.24) is 14.8 Å². The molecule has 2 heterocycles. The van der Waals surface area contributed by atoms with E-state index in [9.17, 15) is 9.59 Å². The molecule has 1 aliphatic heterocycles. The molecule has 1 N–H and O–H groups in total. The monoisotopic (exact) mass is 437 g/mol. The fourth-order valence-corrected chi connectivity index (χ4v) is 4.22. The van der Waals surface area contributed by atoms with E-state index in [1.165, 1.54) is 11.8 Å². The topological polar surface area (TPSA) is 89.3 Å². The number of nitrogens with one attached hydrogen (secondary N) is 1. The van der Waals surface area contributed by atoms with E-state index in [1.54, 1.807) is 4.90 Å². The van der Waals surface area contributed by atoms with Gasteiger partial charge in [0.05, 0.1) is 17.5 Å². The molecule has 0 fully saturated rings. The molecule has 1 atom stereocenters. The maximum atomic E-state index is 12.6. The number of thioether (sulfide) groups is 1. The Morgan fingerprint density at radius 3 is 2.74 bits per heavy atom. The molecule has 0 spiro atoms. The van der Waals surface area contributed by atoms with Gasteiger partial charge in [0.2, 0.25) is 5.91 Å². The Morgan fingerprint density at radius 2 is 1.94 bits per heavy atom. The van der Waals surface area contributed by atoms with Gasteiger partial charge in [-0.05, 0) is 37.6 Å². The van der Waals surface area contributed by atoms with Gasteiger partial charge in [0.15, 0.2) is 17.6 Å². The van der Waals surface area contributed by atoms with E-state index in [1.807, 2.05) is 74.0 Å². The van der Waals surface area contributed by atoms with Gasteiger partial charge in [-0.2, -0.15) is 0 Å². The zero-order valence-electron chi connectivity index (χ0n) is 17.5. The van der Waals surface area contributed by atoms with Crippen molar-refractivity contribution < 1.29 is 14.3 Å². The molecule has 1 aromatic heterocycles. The molecule has 8 nitrogen and oxygen atoms in total. The lowest BCUT2D eigenvalue weighted by Crippen LogP contribution is -2.41. The van der Waals surface area contributed by atoms with Crippen molar-refractivity contribution in [1.29, 1.82) is 0 Å². The Balaban J connectivity index is 1.46. The molecule has 0 radical (unpaired) electrons. The van der Waals surface area contributed by atoms with E-state index in [2.05, 4.69) is 15.5 Å². The number of amides is 2. The summed E-state index contributed by atoms with van der Waals surface area (Å²) in [6, 6.07) is 14.7. The van der Waals surface area contributed by atoms with Crippen LogP contribution in [0.3, 0.4) is 0 Å². The smallest absolute Gasteiger partial charge is 0.265 e. The standard InChI is InChI=1S/C22H23N5O3S/c1-14-8-4-5-9-16(14)23-19(28)13-31-22-25-24-21(26(22)3)15(2)27-17-10-6-7-11-18(17)30-12-20(27)29/h4-11,15H,12-13H2,1-3H3,(H,23,28). The van der Waals surface area contributed by atoms with Crippen LogP contribution in [0.2, 0.25) is 0 Å². The van der Waals surface area contributed by atoms with E-state index < -0.39 is 0 Å². The van der Waals surface area contributed by atoms with Gasteiger partial charge in [0.25, 0.3) is 5.91 Å². The number of rotatable bonds is 6. The molecule has 2 amide bonds. The summed E-state index contributed by atoms with van der Waals surface area (Å²) in [6.07, 6.45) is 0. The maximum Gasteiger partial charge on any atom is 0.265 e. The number of hydrogen-bond donors (Lipinski definition) is 1. The fraction of sp³-hybridized carbons (Fsp3) is 0.273. The van der Waals surface area contributed by atoms with Crippen LogP contribution in [0.15, 0.2) is 53.7 Å². The molecule has 160 valence electrons. The Morgan fingerprint density at radius 1 is 1.19 bits per heavy atom. The Hall–Kier alpha value is -3.33. The number of fused-ring (bicyclic) bond motifs is 1. The first kappa shape index (κ1) is 20.9. The van der Waals surface area contributed by atoms with Crippen LogP contribution >= 0.6 is 11.8 Å². The van der Waals surface area contributed by atoms with Crippen LogP contribution in [0.1, 0.15) is 24.4 Å². The maximum absolute atomic E-state index is 12.6. The van der Waals surface area contributed by atoms with E-state index in [0.29, 0.717) is 22.4 Å². The summed E-state index contributed by atoms with van der Waals surface area (Å²) >= 11 is 1.30. The zero-order valence-corrected chi connectivity index (χ0v) is 18.3. The summed E-state index contributed by atoms with van der Waals surface area (Å²) in [6.45, 7) is 3.84. The van der Waals surface area contributed by atoms with Gasteiger partial charge in [-0.15, -0.1) is 10.2 Å². The van der Waals surface area contributed by atoms with Crippen molar-refractivity contribution in [2.75, 3.05) is 22.6 Å². The quantitative estimate of drug-likeness (QED) is 0.595. The first-order chi connectivity index (χ1) is 15.0. The summed E-state index contributed by atoms with van der Waals surface area (Å²) in [5, 5.41) is 12.1. The molecular weight excluding hydrogens is 414 g/mol. The summed E-state index contributed by atoms with van der Waals surface area (Å²) in [7, 11) is 1.84. The van der Waals surface area contributed by atoms with Gasteiger partial charge in [0, 0.05) is 12.7 Å². The number of benzene rings is 2. The minimum Gasteiger partial charge on any atom is -0.482 e. The van der Waals surface area contributed by atoms with Crippen LogP contribution in [-0.2, 0) is 16.6 Å². The molecule has 4 rings (SSSR count). The largest absolute Gasteiger partial charge is 0.482 e. The highest BCUT2D eigenvalue weighted by molar-refractivity contribution is 7.99. The van der Waals surface area contributed by atoms with Crippen molar-refractivity contribution >= 4 is 35.0 Å². The minimum absolute atomic E-state index is 0.0140. The Kier molecular flexibility index (Phi) is 5.94. The molecule has 1 aliphatic rings. The number of nitrogens with zero attached hydrogens (tertiary/aromatic N) is 4. The average Bonchev–Trinajstić information content (AvgIpc) is 3.14. The number of hydrogen-bond acceptors (Lipinski definition) is 6. The number of carbonyl (C=O) groups is 2. The third-order valence-corrected chi connectivity index (χ3v) is 6.15. The van der Waals surface area contributed by atoms with Gasteiger partial charge in [-0.3, -0.25) is 14.5 Å². The third-order valence-electron chi connectivity index (χ3n) is 5.13. The number of aryl methyl sites for hydroxylation is 1. The van der Waals surface area contributed by atoms with Gasteiger partial charge in [-0.1, -0.05) is 42.1 Å². The number of anilines is 2. The second-order valence-corrected chi connectivity index (χ2v) is 8.19. The lowest BCUT2D eigenvalue weighted by atomic mass is 10.1. The Labute approximate surface area is 184 Å². The number of ether oxygens (including phenoxy) is 1. The second kappa shape index (κ2) is 8.81. The molecule has 3 aromatic rings. The molecule has 0 saturated carbocycles. The van der Waals surface area contributed by atoms with E-state index in [4.69, 9.17) is 4.74 Å². The molecule has 9 heteroatoms.